The van der Waals surface area contributed by atoms with E-state index in [0.29, 0.717) is 29.1 Å². The summed E-state index contributed by atoms with van der Waals surface area (Å²) in [6.45, 7) is -0.0847. The van der Waals surface area contributed by atoms with Crippen LogP contribution in [-0.4, -0.2) is 12.6 Å². The van der Waals surface area contributed by atoms with Crippen LogP contribution in [0, 0.1) is 23.3 Å². The molecule has 206 valence electrons. The van der Waals surface area contributed by atoms with Crippen LogP contribution in [0.1, 0.15) is 27.4 Å². The molecule has 0 aliphatic heterocycles. The highest BCUT2D eigenvalue weighted by Crippen LogP contribution is 2.36. The first-order valence-electron chi connectivity index (χ1n) is 12.6. The Kier molecular flexibility index (Phi) is 7.74. The number of anilines is 2. The molecule has 4 nitrogen and oxygen atoms in total. The minimum atomic E-state index is -1.66. The predicted molar refractivity (Wildman–Crippen MR) is 151 cm³/mol. The predicted octanol–water partition coefficient (Wildman–Crippen LogP) is 7.73. The summed E-state index contributed by atoms with van der Waals surface area (Å²) >= 11 is 0. The topological polar surface area (TPSA) is 78.3 Å². The van der Waals surface area contributed by atoms with E-state index in [1.165, 1.54) is 12.1 Å². The Balaban J connectivity index is 1.53. The summed E-state index contributed by atoms with van der Waals surface area (Å²) in [6.07, 6.45) is 0. The highest BCUT2D eigenvalue weighted by molar-refractivity contribution is 5.99. The van der Waals surface area contributed by atoms with E-state index < -0.39 is 29.2 Å². The zero-order valence-electron chi connectivity index (χ0n) is 21.6. The molecule has 0 fully saturated rings. The first-order valence-corrected chi connectivity index (χ1v) is 12.6. The van der Waals surface area contributed by atoms with Gasteiger partial charge in [-0.15, -0.1) is 0 Å². The lowest BCUT2D eigenvalue weighted by molar-refractivity contribution is 0.0493. The Morgan fingerprint density at radius 1 is 0.659 bits per heavy atom. The van der Waals surface area contributed by atoms with E-state index in [4.69, 9.17) is 16.2 Å². The van der Waals surface area contributed by atoms with Gasteiger partial charge in [-0.05, 0) is 64.7 Å². The van der Waals surface area contributed by atoms with E-state index in [1.807, 2.05) is 24.3 Å². The smallest absolute Gasteiger partial charge is 0.338 e. The van der Waals surface area contributed by atoms with Crippen molar-refractivity contribution in [1.82, 2.24) is 0 Å². The molecule has 4 N–H and O–H groups in total. The second-order valence-corrected chi connectivity index (χ2v) is 9.45. The van der Waals surface area contributed by atoms with Gasteiger partial charge in [0, 0.05) is 28.4 Å². The van der Waals surface area contributed by atoms with Gasteiger partial charge in [-0.25, -0.2) is 22.4 Å². The summed E-state index contributed by atoms with van der Waals surface area (Å²) in [5, 5.41) is 0. The Hall–Kier alpha value is -5.11. The summed E-state index contributed by atoms with van der Waals surface area (Å²) in [5.74, 6) is -6.67. The van der Waals surface area contributed by atoms with E-state index in [9.17, 15) is 18.0 Å². The lowest BCUT2D eigenvalue weighted by atomic mass is 9.91. The van der Waals surface area contributed by atoms with Crippen molar-refractivity contribution in [2.24, 2.45) is 0 Å². The van der Waals surface area contributed by atoms with Gasteiger partial charge in [0.15, 0.2) is 17.5 Å². The van der Waals surface area contributed by atoms with Crippen molar-refractivity contribution in [1.29, 1.82) is 0 Å². The maximum Gasteiger partial charge on any atom is 0.338 e. The van der Waals surface area contributed by atoms with Crippen molar-refractivity contribution in [3.63, 3.8) is 0 Å². The lowest BCUT2D eigenvalue weighted by Gasteiger charge is -2.20. The van der Waals surface area contributed by atoms with Gasteiger partial charge < -0.3 is 16.2 Å². The second kappa shape index (κ2) is 11.6. The highest BCUT2D eigenvalue weighted by Gasteiger charge is 2.25. The Labute approximate surface area is 233 Å². The van der Waals surface area contributed by atoms with Gasteiger partial charge >= 0.3 is 5.97 Å². The van der Waals surface area contributed by atoms with Crippen LogP contribution in [-0.2, 0) is 4.74 Å². The van der Waals surface area contributed by atoms with Crippen molar-refractivity contribution >= 4 is 17.3 Å². The van der Waals surface area contributed by atoms with Gasteiger partial charge in [-0.2, -0.15) is 0 Å². The molecule has 0 amide bonds. The number of carbonyl (C=O) groups excluding carboxylic acids is 1. The molecule has 0 aliphatic carbocycles. The Morgan fingerprint density at radius 2 is 1.20 bits per heavy atom. The van der Waals surface area contributed by atoms with Gasteiger partial charge in [0.1, 0.15) is 12.4 Å². The third-order valence-electron chi connectivity index (χ3n) is 6.78. The van der Waals surface area contributed by atoms with Crippen LogP contribution < -0.4 is 11.5 Å². The standard InChI is InChI=1S/C33H24F4N2O2/c34-28-16-22(17-29(35)32(28)37)25-14-15-26(30(31(25)36)21-4-2-1-3-5-21)33(40)41-18-27(19-6-10-23(38)11-7-19)20-8-12-24(39)13-9-20/h1-17,27H,18,38-39H2. The van der Waals surface area contributed by atoms with E-state index in [0.717, 1.165) is 11.1 Å². The van der Waals surface area contributed by atoms with E-state index in [2.05, 4.69) is 0 Å². The number of nitrogen functional groups attached to an aromatic ring is 2. The third kappa shape index (κ3) is 5.77. The minimum Gasteiger partial charge on any atom is -0.461 e. The summed E-state index contributed by atoms with van der Waals surface area (Å²) < 4.78 is 63.3. The van der Waals surface area contributed by atoms with Gasteiger partial charge in [0.05, 0.1) is 5.56 Å². The van der Waals surface area contributed by atoms with Crippen LogP contribution in [0.15, 0.2) is 103 Å². The zero-order chi connectivity index (χ0) is 29.1. The second-order valence-electron chi connectivity index (χ2n) is 9.45. The minimum absolute atomic E-state index is 0.0847. The third-order valence-corrected chi connectivity index (χ3v) is 6.78. The molecular weight excluding hydrogens is 532 g/mol. The average molecular weight is 557 g/mol. The number of rotatable bonds is 7. The molecule has 41 heavy (non-hydrogen) atoms. The molecule has 5 aromatic carbocycles. The molecule has 0 aromatic heterocycles. The molecular formula is C33H24F4N2O2. The molecule has 0 saturated heterocycles. The molecule has 0 atom stereocenters. The molecule has 0 saturated carbocycles. The molecule has 5 aromatic rings. The molecule has 0 spiro atoms. The van der Waals surface area contributed by atoms with Crippen molar-refractivity contribution < 1.29 is 27.1 Å². The number of halogens is 4. The van der Waals surface area contributed by atoms with Crippen LogP contribution in [0.2, 0.25) is 0 Å². The fourth-order valence-corrected chi connectivity index (χ4v) is 4.65. The normalized spacial score (nSPS) is 11.0. The molecule has 0 unspecified atom stereocenters. The quantitative estimate of drug-likeness (QED) is 0.0931. The SMILES string of the molecule is Nc1ccc(C(COC(=O)c2ccc(-c3cc(F)c(F)c(F)c3)c(F)c2-c2ccccc2)c2ccc(N)cc2)cc1. The molecule has 0 bridgehead atoms. The molecule has 0 heterocycles. The maximum atomic E-state index is 16.1. The van der Waals surface area contributed by atoms with Crippen molar-refractivity contribution in [3.8, 4) is 22.3 Å². The van der Waals surface area contributed by atoms with Crippen molar-refractivity contribution in [3.05, 3.63) is 143 Å². The monoisotopic (exact) mass is 556 g/mol. The number of nitrogens with two attached hydrogens (primary N) is 2. The number of hydrogen-bond acceptors (Lipinski definition) is 4. The summed E-state index contributed by atoms with van der Waals surface area (Å²) in [6, 6.07) is 26.4. The number of hydrogen-bond donors (Lipinski definition) is 2. The van der Waals surface area contributed by atoms with Crippen LogP contribution in [0.25, 0.3) is 22.3 Å². The highest BCUT2D eigenvalue weighted by atomic mass is 19.2. The van der Waals surface area contributed by atoms with Gasteiger partial charge in [-0.1, -0.05) is 60.7 Å². The first kappa shape index (κ1) is 27.5. The van der Waals surface area contributed by atoms with E-state index in [1.54, 1.807) is 54.6 Å². The number of esters is 1. The van der Waals surface area contributed by atoms with Crippen molar-refractivity contribution in [2.75, 3.05) is 18.1 Å². The first-order chi connectivity index (χ1) is 19.7. The molecule has 8 heteroatoms. The van der Waals surface area contributed by atoms with Gasteiger partial charge in [0.25, 0.3) is 0 Å². The average Bonchev–Trinajstić information content (AvgIpc) is 2.97. The van der Waals surface area contributed by atoms with Gasteiger partial charge in [-0.3, -0.25) is 0 Å². The number of benzene rings is 5. The lowest BCUT2D eigenvalue weighted by Crippen LogP contribution is -2.16. The molecule has 0 aliphatic rings. The summed E-state index contributed by atoms with van der Waals surface area (Å²) in [5.41, 5.74) is 14.2. The maximum absolute atomic E-state index is 16.1. The number of ether oxygens (including phenoxy) is 1. The van der Waals surface area contributed by atoms with Crippen LogP contribution in [0.3, 0.4) is 0 Å². The van der Waals surface area contributed by atoms with Gasteiger partial charge in [0.2, 0.25) is 0 Å². The van der Waals surface area contributed by atoms with Crippen molar-refractivity contribution in [2.45, 2.75) is 5.92 Å². The van der Waals surface area contributed by atoms with Crippen LogP contribution >= 0.6 is 0 Å². The Morgan fingerprint density at radius 3 is 1.73 bits per heavy atom. The fourth-order valence-electron chi connectivity index (χ4n) is 4.65. The Bertz CT molecular complexity index is 1640. The van der Waals surface area contributed by atoms with Crippen LogP contribution in [0.5, 0.6) is 0 Å². The van der Waals surface area contributed by atoms with Crippen LogP contribution in [0.4, 0.5) is 28.9 Å². The largest absolute Gasteiger partial charge is 0.461 e. The summed E-state index contributed by atoms with van der Waals surface area (Å²) in [4.78, 5) is 13.5. The zero-order valence-corrected chi connectivity index (χ0v) is 21.6. The number of carbonyl (C=O) groups is 1. The molecule has 5 rings (SSSR count). The summed E-state index contributed by atoms with van der Waals surface area (Å²) in [7, 11) is 0. The molecule has 0 radical (unpaired) electrons. The van der Waals surface area contributed by atoms with E-state index >= 15 is 4.39 Å². The van der Waals surface area contributed by atoms with E-state index in [-0.39, 0.29) is 34.8 Å². The fraction of sp³-hybridized carbons (Fsp3) is 0.0606.